The third-order valence-corrected chi connectivity index (χ3v) is 3.21. The summed E-state index contributed by atoms with van der Waals surface area (Å²) in [4.78, 5) is 11.6. The number of carbonyl (C=O) groups excluding carboxylic acids is 1. The highest BCUT2D eigenvalue weighted by molar-refractivity contribution is 5.75. The van der Waals surface area contributed by atoms with Gasteiger partial charge in [-0.05, 0) is 44.6 Å². The van der Waals surface area contributed by atoms with E-state index in [4.69, 9.17) is 10.8 Å². The summed E-state index contributed by atoms with van der Waals surface area (Å²) in [7, 11) is 0. The third kappa shape index (κ3) is 10.5. The van der Waals surface area contributed by atoms with E-state index in [1.54, 1.807) is 0 Å². The van der Waals surface area contributed by atoms with Crippen LogP contribution in [-0.4, -0.2) is 30.7 Å². The number of nitrogens with two attached hydrogens (primary N) is 1. The first kappa shape index (κ1) is 17.4. The van der Waals surface area contributed by atoms with E-state index >= 15 is 0 Å². The van der Waals surface area contributed by atoms with Crippen LogP contribution in [0.1, 0.15) is 58.3 Å². The zero-order chi connectivity index (χ0) is 13.6. The molecule has 0 radical (unpaired) electrons. The van der Waals surface area contributed by atoms with Crippen molar-refractivity contribution in [3.8, 4) is 0 Å². The van der Waals surface area contributed by atoms with Gasteiger partial charge in [-0.2, -0.15) is 0 Å². The summed E-state index contributed by atoms with van der Waals surface area (Å²) in [5, 5.41) is 11.6. The first-order valence-corrected chi connectivity index (χ1v) is 7.32. The smallest absolute Gasteiger partial charge is 0.220 e. The standard InChI is InChI=1S/C14H30N2O2/c1-2-6-13(9-10-15)7-8-14(18)16-11-4-3-5-12-17/h13,17H,2-12,15H2,1H3,(H,16,18). The average molecular weight is 258 g/mol. The Bertz CT molecular complexity index is 192. The molecule has 0 aromatic carbocycles. The lowest BCUT2D eigenvalue weighted by molar-refractivity contribution is -0.121. The summed E-state index contributed by atoms with van der Waals surface area (Å²) in [5.41, 5.74) is 5.57. The van der Waals surface area contributed by atoms with Crippen molar-refractivity contribution in [2.24, 2.45) is 11.7 Å². The molecule has 0 spiro atoms. The van der Waals surface area contributed by atoms with Crippen molar-refractivity contribution in [1.29, 1.82) is 0 Å². The molecule has 0 rings (SSSR count). The molecule has 0 aromatic heterocycles. The molecule has 0 bridgehead atoms. The molecule has 18 heavy (non-hydrogen) atoms. The molecular weight excluding hydrogens is 228 g/mol. The van der Waals surface area contributed by atoms with Gasteiger partial charge in [-0.3, -0.25) is 4.79 Å². The van der Waals surface area contributed by atoms with Gasteiger partial charge in [-0.15, -0.1) is 0 Å². The molecule has 108 valence electrons. The third-order valence-electron chi connectivity index (χ3n) is 3.21. The van der Waals surface area contributed by atoms with Gasteiger partial charge in [-0.1, -0.05) is 19.8 Å². The van der Waals surface area contributed by atoms with Crippen molar-refractivity contribution in [3.05, 3.63) is 0 Å². The van der Waals surface area contributed by atoms with Crippen LogP contribution in [0, 0.1) is 5.92 Å². The summed E-state index contributed by atoms with van der Waals surface area (Å²) in [6.45, 7) is 3.86. The van der Waals surface area contributed by atoms with E-state index in [1.165, 1.54) is 6.42 Å². The fourth-order valence-corrected chi connectivity index (χ4v) is 2.14. The molecule has 4 N–H and O–H groups in total. The normalized spacial score (nSPS) is 12.4. The quantitative estimate of drug-likeness (QED) is 0.467. The lowest BCUT2D eigenvalue weighted by atomic mass is 9.94. The molecule has 0 aliphatic rings. The maximum atomic E-state index is 11.6. The van der Waals surface area contributed by atoms with Crippen molar-refractivity contribution >= 4 is 5.91 Å². The fraction of sp³-hybridized carbons (Fsp3) is 0.929. The fourth-order valence-electron chi connectivity index (χ4n) is 2.14. The highest BCUT2D eigenvalue weighted by atomic mass is 16.2. The topological polar surface area (TPSA) is 75.4 Å². The van der Waals surface area contributed by atoms with Crippen LogP contribution in [-0.2, 0) is 4.79 Å². The second-order valence-corrected chi connectivity index (χ2v) is 4.90. The maximum absolute atomic E-state index is 11.6. The number of carbonyl (C=O) groups is 1. The molecule has 0 saturated heterocycles. The Morgan fingerprint density at radius 3 is 2.61 bits per heavy atom. The van der Waals surface area contributed by atoms with Crippen molar-refractivity contribution < 1.29 is 9.90 Å². The second kappa shape index (κ2) is 12.8. The van der Waals surface area contributed by atoms with Crippen LogP contribution in [0.4, 0.5) is 0 Å². The number of hydrogen-bond acceptors (Lipinski definition) is 3. The molecule has 4 nitrogen and oxygen atoms in total. The van der Waals surface area contributed by atoms with Crippen LogP contribution in [0.3, 0.4) is 0 Å². The molecule has 0 heterocycles. The van der Waals surface area contributed by atoms with Crippen molar-refractivity contribution in [3.63, 3.8) is 0 Å². The number of rotatable bonds is 12. The van der Waals surface area contributed by atoms with Gasteiger partial charge in [0.2, 0.25) is 5.91 Å². The first-order chi connectivity index (χ1) is 8.74. The van der Waals surface area contributed by atoms with E-state index in [-0.39, 0.29) is 12.5 Å². The summed E-state index contributed by atoms with van der Waals surface area (Å²) in [5.74, 6) is 0.747. The van der Waals surface area contributed by atoms with E-state index in [1.807, 2.05) is 0 Å². The lowest BCUT2D eigenvalue weighted by Crippen LogP contribution is -2.25. The lowest BCUT2D eigenvalue weighted by Gasteiger charge is -2.14. The SMILES string of the molecule is CCCC(CCN)CCC(=O)NCCCCCO. The number of amides is 1. The monoisotopic (exact) mass is 258 g/mol. The molecule has 0 aliphatic carbocycles. The predicted octanol–water partition coefficient (Wildman–Crippen LogP) is 1.81. The number of hydrogen-bond donors (Lipinski definition) is 3. The Morgan fingerprint density at radius 1 is 1.22 bits per heavy atom. The highest BCUT2D eigenvalue weighted by Gasteiger charge is 2.09. The van der Waals surface area contributed by atoms with Gasteiger partial charge < -0.3 is 16.2 Å². The molecular formula is C14H30N2O2. The average Bonchev–Trinajstić information content (AvgIpc) is 2.36. The van der Waals surface area contributed by atoms with Crippen LogP contribution in [0.25, 0.3) is 0 Å². The Hall–Kier alpha value is -0.610. The van der Waals surface area contributed by atoms with Crippen molar-refractivity contribution in [2.75, 3.05) is 19.7 Å². The zero-order valence-corrected chi connectivity index (χ0v) is 11.8. The Labute approximate surface area is 111 Å². The zero-order valence-electron chi connectivity index (χ0n) is 11.8. The maximum Gasteiger partial charge on any atom is 0.220 e. The van der Waals surface area contributed by atoms with E-state index in [0.29, 0.717) is 18.9 Å². The summed E-state index contributed by atoms with van der Waals surface area (Å²) in [6.07, 6.45) is 7.67. The molecule has 1 amide bonds. The number of aliphatic hydroxyl groups is 1. The summed E-state index contributed by atoms with van der Waals surface area (Å²) < 4.78 is 0. The number of unbranched alkanes of at least 4 members (excludes halogenated alkanes) is 2. The molecule has 0 saturated carbocycles. The molecule has 0 aliphatic heterocycles. The van der Waals surface area contributed by atoms with E-state index in [2.05, 4.69) is 12.2 Å². The predicted molar refractivity (Wildman–Crippen MR) is 75.2 cm³/mol. The summed E-state index contributed by atoms with van der Waals surface area (Å²) in [6, 6.07) is 0. The van der Waals surface area contributed by atoms with Gasteiger partial charge in [0.15, 0.2) is 0 Å². The molecule has 0 aromatic rings. The van der Waals surface area contributed by atoms with E-state index in [9.17, 15) is 4.79 Å². The van der Waals surface area contributed by atoms with Crippen LogP contribution in [0.2, 0.25) is 0 Å². The minimum absolute atomic E-state index is 0.150. The van der Waals surface area contributed by atoms with Crippen LogP contribution in [0.15, 0.2) is 0 Å². The van der Waals surface area contributed by atoms with E-state index < -0.39 is 0 Å². The highest BCUT2D eigenvalue weighted by Crippen LogP contribution is 2.16. The molecule has 4 heteroatoms. The number of nitrogens with one attached hydrogen (secondary N) is 1. The first-order valence-electron chi connectivity index (χ1n) is 7.32. The van der Waals surface area contributed by atoms with Gasteiger partial charge in [-0.25, -0.2) is 0 Å². The van der Waals surface area contributed by atoms with Crippen molar-refractivity contribution in [2.45, 2.75) is 58.3 Å². The van der Waals surface area contributed by atoms with E-state index in [0.717, 1.165) is 45.1 Å². The summed E-state index contributed by atoms with van der Waals surface area (Å²) >= 11 is 0. The Balaban J connectivity index is 3.54. The Kier molecular flexibility index (Phi) is 12.4. The van der Waals surface area contributed by atoms with Gasteiger partial charge in [0.05, 0.1) is 0 Å². The largest absolute Gasteiger partial charge is 0.396 e. The second-order valence-electron chi connectivity index (χ2n) is 4.90. The van der Waals surface area contributed by atoms with Gasteiger partial charge >= 0.3 is 0 Å². The number of aliphatic hydroxyl groups excluding tert-OH is 1. The van der Waals surface area contributed by atoms with Gasteiger partial charge in [0.25, 0.3) is 0 Å². The van der Waals surface area contributed by atoms with Crippen LogP contribution >= 0.6 is 0 Å². The Morgan fingerprint density at radius 2 is 2.00 bits per heavy atom. The van der Waals surface area contributed by atoms with Crippen LogP contribution < -0.4 is 11.1 Å². The molecule has 0 fully saturated rings. The molecule has 1 unspecified atom stereocenters. The van der Waals surface area contributed by atoms with Crippen molar-refractivity contribution in [1.82, 2.24) is 5.32 Å². The molecule has 1 atom stereocenters. The minimum atomic E-state index is 0.150. The van der Waals surface area contributed by atoms with Crippen LogP contribution in [0.5, 0.6) is 0 Å². The van der Waals surface area contributed by atoms with Gasteiger partial charge in [0, 0.05) is 19.6 Å². The minimum Gasteiger partial charge on any atom is -0.396 e. The van der Waals surface area contributed by atoms with Gasteiger partial charge in [0.1, 0.15) is 0 Å².